The van der Waals surface area contributed by atoms with Gasteiger partial charge in [-0.05, 0) is 18.6 Å². The van der Waals surface area contributed by atoms with Gasteiger partial charge in [-0.2, -0.15) is 5.10 Å². The Morgan fingerprint density at radius 3 is 2.84 bits per heavy atom. The fraction of sp³-hybridized carbons (Fsp3) is 0.308. The molecule has 100 valence electrons. The van der Waals surface area contributed by atoms with Crippen LogP contribution in [0, 0.1) is 6.92 Å². The molecule has 6 nitrogen and oxygen atoms in total. The molecule has 0 bridgehead atoms. The van der Waals surface area contributed by atoms with E-state index in [1.165, 1.54) is 0 Å². The van der Waals surface area contributed by atoms with Gasteiger partial charge in [0.05, 0.1) is 6.20 Å². The first-order valence-corrected chi connectivity index (χ1v) is 5.86. The van der Waals surface area contributed by atoms with Crippen LogP contribution in [-0.2, 0) is 13.6 Å². The highest BCUT2D eigenvalue weighted by Gasteiger charge is 2.17. The summed E-state index contributed by atoms with van der Waals surface area (Å²) in [5, 5.41) is 13.4. The molecule has 0 fully saturated rings. The average Bonchev–Trinajstić information content (AvgIpc) is 2.73. The minimum absolute atomic E-state index is 0.244. The average molecular weight is 260 g/mol. The summed E-state index contributed by atoms with van der Waals surface area (Å²) in [6, 6.07) is 1.70. The van der Waals surface area contributed by atoms with Crippen molar-refractivity contribution in [2.24, 2.45) is 7.05 Å². The molecule has 0 aliphatic carbocycles. The highest BCUT2D eigenvalue weighted by atomic mass is 16.4. The molecule has 6 heteroatoms. The summed E-state index contributed by atoms with van der Waals surface area (Å²) in [6.07, 6.45) is 5.27. The Bertz CT molecular complexity index is 606. The van der Waals surface area contributed by atoms with Gasteiger partial charge in [0.15, 0.2) is 0 Å². The molecule has 0 aliphatic heterocycles. The van der Waals surface area contributed by atoms with Gasteiger partial charge in [-0.15, -0.1) is 0 Å². The summed E-state index contributed by atoms with van der Waals surface area (Å²) in [7, 11) is 3.66. The molecule has 0 atom stereocenters. The summed E-state index contributed by atoms with van der Waals surface area (Å²) >= 11 is 0. The third-order valence-corrected chi connectivity index (χ3v) is 2.89. The highest BCUT2D eigenvalue weighted by Crippen LogP contribution is 2.21. The number of rotatable bonds is 4. The maximum Gasteiger partial charge on any atom is 0.339 e. The molecule has 0 radical (unpaired) electrons. The lowest BCUT2D eigenvalue weighted by Crippen LogP contribution is -2.21. The number of aryl methyl sites for hydroxylation is 2. The van der Waals surface area contributed by atoms with E-state index in [-0.39, 0.29) is 5.56 Å². The zero-order valence-corrected chi connectivity index (χ0v) is 11.2. The molecule has 19 heavy (non-hydrogen) atoms. The molecular weight excluding hydrogens is 244 g/mol. The lowest BCUT2D eigenvalue weighted by atomic mass is 10.1. The lowest BCUT2D eigenvalue weighted by molar-refractivity contribution is 0.0696. The van der Waals surface area contributed by atoms with E-state index in [1.807, 2.05) is 25.2 Å². The van der Waals surface area contributed by atoms with Gasteiger partial charge in [0.25, 0.3) is 0 Å². The predicted molar refractivity (Wildman–Crippen MR) is 71.2 cm³/mol. The van der Waals surface area contributed by atoms with E-state index >= 15 is 0 Å². The van der Waals surface area contributed by atoms with E-state index in [2.05, 4.69) is 10.1 Å². The minimum Gasteiger partial charge on any atom is -0.478 e. The zero-order chi connectivity index (χ0) is 14.0. The van der Waals surface area contributed by atoms with Crippen molar-refractivity contribution in [3.8, 4) is 0 Å². The molecule has 2 rings (SSSR count). The molecule has 1 N–H and O–H groups in total. The monoisotopic (exact) mass is 260 g/mol. The van der Waals surface area contributed by atoms with Gasteiger partial charge in [0, 0.05) is 38.6 Å². The lowest BCUT2D eigenvalue weighted by Gasteiger charge is -2.20. The zero-order valence-electron chi connectivity index (χ0n) is 11.2. The number of hydrogen-bond acceptors (Lipinski definition) is 4. The normalized spacial score (nSPS) is 10.5. The molecule has 0 aromatic carbocycles. The molecule has 0 saturated heterocycles. The first-order valence-electron chi connectivity index (χ1n) is 5.86. The van der Waals surface area contributed by atoms with E-state index in [9.17, 15) is 9.90 Å². The largest absolute Gasteiger partial charge is 0.478 e. The Labute approximate surface area is 111 Å². The minimum atomic E-state index is -0.960. The van der Waals surface area contributed by atoms with Crippen molar-refractivity contribution in [3.05, 3.63) is 41.3 Å². The van der Waals surface area contributed by atoms with Crippen LogP contribution in [0.3, 0.4) is 0 Å². The number of carboxylic acids is 1. The maximum absolute atomic E-state index is 11.3. The van der Waals surface area contributed by atoms with Crippen LogP contribution in [0.25, 0.3) is 0 Å². The van der Waals surface area contributed by atoms with Gasteiger partial charge in [0.1, 0.15) is 11.4 Å². The standard InChI is InChI=1S/C13H16N4O2/c1-9-4-5-14-12(11(9)13(18)19)16(2)7-10-6-15-17(3)8-10/h4-6,8H,7H2,1-3H3,(H,18,19). The number of nitrogens with zero attached hydrogens (tertiary/aromatic N) is 4. The number of aromatic carboxylic acids is 1. The molecule has 0 amide bonds. The number of pyridine rings is 1. The Morgan fingerprint density at radius 1 is 1.53 bits per heavy atom. The molecule has 0 unspecified atom stereocenters. The van der Waals surface area contributed by atoms with E-state index in [4.69, 9.17) is 0 Å². The van der Waals surface area contributed by atoms with Crippen molar-refractivity contribution in [2.45, 2.75) is 13.5 Å². The van der Waals surface area contributed by atoms with E-state index in [1.54, 1.807) is 30.1 Å². The van der Waals surface area contributed by atoms with Crippen LogP contribution in [0.2, 0.25) is 0 Å². The number of hydrogen-bond donors (Lipinski definition) is 1. The number of carbonyl (C=O) groups is 1. The second kappa shape index (κ2) is 5.09. The van der Waals surface area contributed by atoms with Crippen molar-refractivity contribution >= 4 is 11.8 Å². The summed E-state index contributed by atoms with van der Waals surface area (Å²) in [4.78, 5) is 17.3. The molecule has 2 aromatic heterocycles. The molecule has 0 saturated carbocycles. The third-order valence-electron chi connectivity index (χ3n) is 2.89. The SMILES string of the molecule is Cc1ccnc(N(C)Cc2cnn(C)c2)c1C(=O)O. The van der Waals surface area contributed by atoms with E-state index in [0.717, 1.165) is 5.56 Å². The van der Waals surface area contributed by atoms with Crippen molar-refractivity contribution < 1.29 is 9.90 Å². The van der Waals surface area contributed by atoms with Crippen LogP contribution in [0.5, 0.6) is 0 Å². The van der Waals surface area contributed by atoms with Crippen molar-refractivity contribution in [2.75, 3.05) is 11.9 Å². The second-order valence-corrected chi connectivity index (χ2v) is 4.51. The number of anilines is 1. The summed E-state index contributed by atoms with van der Waals surface area (Å²) in [5.74, 6) is -0.491. The van der Waals surface area contributed by atoms with Crippen LogP contribution in [0.1, 0.15) is 21.5 Å². The van der Waals surface area contributed by atoms with Crippen molar-refractivity contribution in [1.29, 1.82) is 0 Å². The smallest absolute Gasteiger partial charge is 0.339 e. The Morgan fingerprint density at radius 2 is 2.26 bits per heavy atom. The fourth-order valence-electron chi connectivity index (χ4n) is 2.00. The summed E-state index contributed by atoms with van der Waals surface area (Å²) in [6.45, 7) is 2.33. The van der Waals surface area contributed by atoms with Gasteiger partial charge >= 0.3 is 5.97 Å². The van der Waals surface area contributed by atoms with E-state index in [0.29, 0.717) is 17.9 Å². The number of aromatic nitrogens is 3. The first kappa shape index (κ1) is 13.1. The Kier molecular flexibility index (Phi) is 3.50. The first-order chi connectivity index (χ1) is 8.99. The van der Waals surface area contributed by atoms with Crippen molar-refractivity contribution in [1.82, 2.24) is 14.8 Å². The fourth-order valence-corrected chi connectivity index (χ4v) is 2.00. The van der Waals surface area contributed by atoms with Crippen LogP contribution in [-0.4, -0.2) is 32.9 Å². The maximum atomic E-state index is 11.3. The van der Waals surface area contributed by atoms with Crippen LogP contribution in [0.4, 0.5) is 5.82 Å². The topological polar surface area (TPSA) is 71.2 Å². The quantitative estimate of drug-likeness (QED) is 0.901. The highest BCUT2D eigenvalue weighted by molar-refractivity contribution is 5.94. The van der Waals surface area contributed by atoms with E-state index < -0.39 is 5.97 Å². The van der Waals surface area contributed by atoms with Gasteiger partial charge < -0.3 is 10.0 Å². The van der Waals surface area contributed by atoms with Crippen LogP contribution >= 0.6 is 0 Å². The van der Waals surface area contributed by atoms with Gasteiger partial charge in [-0.1, -0.05) is 0 Å². The second-order valence-electron chi connectivity index (χ2n) is 4.51. The van der Waals surface area contributed by atoms with Crippen LogP contribution in [0.15, 0.2) is 24.7 Å². The third kappa shape index (κ3) is 2.73. The molecule has 0 spiro atoms. The molecule has 2 heterocycles. The van der Waals surface area contributed by atoms with Gasteiger partial charge in [0.2, 0.25) is 0 Å². The summed E-state index contributed by atoms with van der Waals surface area (Å²) < 4.78 is 1.71. The Hall–Kier alpha value is -2.37. The summed E-state index contributed by atoms with van der Waals surface area (Å²) in [5.41, 5.74) is 1.95. The Balaban J connectivity index is 2.31. The molecular formula is C13H16N4O2. The van der Waals surface area contributed by atoms with Gasteiger partial charge in [-0.25, -0.2) is 9.78 Å². The number of carboxylic acid groups (broad SMARTS) is 1. The van der Waals surface area contributed by atoms with Crippen LogP contribution < -0.4 is 4.90 Å². The van der Waals surface area contributed by atoms with Gasteiger partial charge in [-0.3, -0.25) is 4.68 Å². The molecule has 0 aliphatic rings. The van der Waals surface area contributed by atoms with Crippen molar-refractivity contribution in [3.63, 3.8) is 0 Å². The predicted octanol–water partition coefficient (Wildman–Crippen LogP) is 1.46. The molecule has 2 aromatic rings.